The SMILES string of the molecule is CNC(=O)c1ccc(N)c(Nc2ccc(Br)cc2C)c1. The molecule has 0 radical (unpaired) electrons. The van der Waals surface area contributed by atoms with E-state index in [0.29, 0.717) is 11.3 Å². The van der Waals surface area contributed by atoms with E-state index in [4.69, 9.17) is 5.73 Å². The second kappa shape index (κ2) is 5.96. The predicted molar refractivity (Wildman–Crippen MR) is 86.4 cm³/mol. The average Bonchev–Trinajstić information content (AvgIpc) is 2.43. The number of carbonyl (C=O) groups is 1. The molecule has 2 aromatic rings. The largest absolute Gasteiger partial charge is 0.397 e. The van der Waals surface area contributed by atoms with Crippen LogP contribution in [0.1, 0.15) is 15.9 Å². The zero-order valence-electron chi connectivity index (χ0n) is 11.3. The Bertz CT molecular complexity index is 656. The van der Waals surface area contributed by atoms with E-state index in [1.54, 1.807) is 25.2 Å². The number of benzene rings is 2. The first-order valence-corrected chi connectivity index (χ1v) is 6.95. The molecule has 0 aliphatic rings. The molecule has 4 N–H and O–H groups in total. The van der Waals surface area contributed by atoms with Crippen LogP contribution in [0.5, 0.6) is 0 Å². The molecular weight excluding hydrogens is 318 g/mol. The molecule has 1 amide bonds. The van der Waals surface area contributed by atoms with E-state index in [1.807, 2.05) is 25.1 Å². The molecule has 0 saturated heterocycles. The van der Waals surface area contributed by atoms with Crippen LogP contribution in [0.2, 0.25) is 0 Å². The molecule has 4 nitrogen and oxygen atoms in total. The first-order chi connectivity index (χ1) is 9.51. The van der Waals surface area contributed by atoms with Crippen LogP contribution in [0.3, 0.4) is 0 Å². The van der Waals surface area contributed by atoms with Gasteiger partial charge in [0.2, 0.25) is 0 Å². The highest BCUT2D eigenvalue weighted by molar-refractivity contribution is 9.10. The average molecular weight is 334 g/mol. The normalized spacial score (nSPS) is 10.2. The molecular formula is C15H16BrN3O. The van der Waals surface area contributed by atoms with E-state index in [1.165, 1.54) is 0 Å². The number of nitrogen functional groups attached to an aromatic ring is 1. The summed E-state index contributed by atoms with van der Waals surface area (Å²) in [6.07, 6.45) is 0. The maximum absolute atomic E-state index is 11.7. The summed E-state index contributed by atoms with van der Waals surface area (Å²) in [5.41, 5.74) is 9.88. The molecule has 0 heterocycles. The molecule has 2 aromatic carbocycles. The zero-order valence-corrected chi connectivity index (χ0v) is 12.9. The van der Waals surface area contributed by atoms with Crippen LogP contribution < -0.4 is 16.4 Å². The van der Waals surface area contributed by atoms with E-state index in [0.717, 1.165) is 21.4 Å². The fraction of sp³-hybridized carbons (Fsp3) is 0.133. The fourth-order valence-corrected chi connectivity index (χ4v) is 2.34. The highest BCUT2D eigenvalue weighted by atomic mass is 79.9. The monoisotopic (exact) mass is 333 g/mol. The van der Waals surface area contributed by atoms with Gasteiger partial charge in [-0.3, -0.25) is 4.79 Å². The summed E-state index contributed by atoms with van der Waals surface area (Å²) in [6, 6.07) is 11.1. The number of halogens is 1. The first-order valence-electron chi connectivity index (χ1n) is 6.16. The number of hydrogen-bond donors (Lipinski definition) is 3. The number of anilines is 3. The van der Waals surface area contributed by atoms with Crippen LogP contribution in [0.4, 0.5) is 17.1 Å². The molecule has 0 spiro atoms. The maximum atomic E-state index is 11.7. The number of rotatable bonds is 3. The van der Waals surface area contributed by atoms with Crippen molar-refractivity contribution < 1.29 is 4.79 Å². The van der Waals surface area contributed by atoms with Gasteiger partial charge in [-0.05, 0) is 48.9 Å². The third-order valence-electron chi connectivity index (χ3n) is 3.00. The Labute approximate surface area is 126 Å². The second-order valence-electron chi connectivity index (χ2n) is 4.47. The molecule has 0 unspecified atom stereocenters. The minimum atomic E-state index is -0.138. The number of aryl methyl sites for hydroxylation is 1. The Morgan fingerprint density at radius 3 is 2.55 bits per heavy atom. The molecule has 104 valence electrons. The van der Waals surface area contributed by atoms with Crippen LogP contribution in [0, 0.1) is 6.92 Å². The fourth-order valence-electron chi connectivity index (χ4n) is 1.86. The Morgan fingerprint density at radius 1 is 1.15 bits per heavy atom. The van der Waals surface area contributed by atoms with Gasteiger partial charge in [-0.1, -0.05) is 15.9 Å². The van der Waals surface area contributed by atoms with Crippen LogP contribution in [0.25, 0.3) is 0 Å². The zero-order chi connectivity index (χ0) is 14.7. The van der Waals surface area contributed by atoms with E-state index < -0.39 is 0 Å². The lowest BCUT2D eigenvalue weighted by molar-refractivity contribution is 0.0963. The van der Waals surface area contributed by atoms with Gasteiger partial charge in [-0.25, -0.2) is 0 Å². The van der Waals surface area contributed by atoms with Crippen molar-refractivity contribution in [3.63, 3.8) is 0 Å². The topological polar surface area (TPSA) is 67.2 Å². The summed E-state index contributed by atoms with van der Waals surface area (Å²) < 4.78 is 1.02. The summed E-state index contributed by atoms with van der Waals surface area (Å²) in [4.78, 5) is 11.7. The van der Waals surface area contributed by atoms with Gasteiger partial charge in [0.1, 0.15) is 0 Å². The molecule has 0 aliphatic heterocycles. The maximum Gasteiger partial charge on any atom is 0.251 e. The standard InChI is InChI=1S/C15H16BrN3O/c1-9-7-11(16)4-6-13(9)19-14-8-10(15(20)18-2)3-5-12(14)17/h3-8,19H,17H2,1-2H3,(H,18,20). The lowest BCUT2D eigenvalue weighted by Gasteiger charge is -2.13. The highest BCUT2D eigenvalue weighted by Gasteiger charge is 2.08. The van der Waals surface area contributed by atoms with Gasteiger partial charge in [-0.15, -0.1) is 0 Å². The summed E-state index contributed by atoms with van der Waals surface area (Å²) in [6.45, 7) is 2.01. The lowest BCUT2D eigenvalue weighted by Crippen LogP contribution is -2.18. The van der Waals surface area contributed by atoms with Gasteiger partial charge in [0, 0.05) is 22.8 Å². The van der Waals surface area contributed by atoms with E-state index in [9.17, 15) is 4.79 Å². The molecule has 0 bridgehead atoms. The molecule has 0 aromatic heterocycles. The number of amides is 1. The molecule has 5 heteroatoms. The summed E-state index contributed by atoms with van der Waals surface area (Å²) in [7, 11) is 1.60. The van der Waals surface area contributed by atoms with Crippen LogP contribution in [-0.2, 0) is 0 Å². The minimum absolute atomic E-state index is 0.138. The van der Waals surface area contributed by atoms with Crippen molar-refractivity contribution in [2.45, 2.75) is 6.92 Å². The Hall–Kier alpha value is -2.01. The van der Waals surface area contributed by atoms with Crippen LogP contribution >= 0.6 is 15.9 Å². The number of nitrogens with one attached hydrogen (secondary N) is 2. The van der Waals surface area contributed by atoms with E-state index in [2.05, 4.69) is 26.6 Å². The van der Waals surface area contributed by atoms with E-state index >= 15 is 0 Å². The van der Waals surface area contributed by atoms with E-state index in [-0.39, 0.29) is 5.91 Å². The van der Waals surface area contributed by atoms with Gasteiger partial charge in [-0.2, -0.15) is 0 Å². The Balaban J connectivity index is 2.35. The smallest absolute Gasteiger partial charge is 0.251 e. The predicted octanol–water partition coefficient (Wildman–Crippen LogP) is 3.44. The van der Waals surface area contributed by atoms with Crippen LogP contribution in [0.15, 0.2) is 40.9 Å². The molecule has 0 fully saturated rings. The molecule has 0 atom stereocenters. The van der Waals surface area contributed by atoms with Crippen LogP contribution in [-0.4, -0.2) is 13.0 Å². The first kappa shape index (κ1) is 14.4. The third kappa shape index (κ3) is 3.11. The summed E-state index contributed by atoms with van der Waals surface area (Å²) >= 11 is 3.43. The third-order valence-corrected chi connectivity index (χ3v) is 3.49. The quantitative estimate of drug-likeness (QED) is 0.753. The van der Waals surface area contributed by atoms with Gasteiger partial charge in [0.15, 0.2) is 0 Å². The minimum Gasteiger partial charge on any atom is -0.397 e. The van der Waals surface area contributed by atoms with Crippen molar-refractivity contribution in [2.24, 2.45) is 0 Å². The lowest BCUT2D eigenvalue weighted by atomic mass is 10.1. The van der Waals surface area contributed by atoms with Gasteiger partial charge in [0.05, 0.1) is 11.4 Å². The number of carbonyl (C=O) groups excluding carboxylic acids is 1. The molecule has 20 heavy (non-hydrogen) atoms. The van der Waals surface area contributed by atoms with Crippen molar-refractivity contribution in [3.8, 4) is 0 Å². The van der Waals surface area contributed by atoms with Crippen molar-refractivity contribution in [2.75, 3.05) is 18.1 Å². The van der Waals surface area contributed by atoms with Gasteiger partial charge in [0.25, 0.3) is 5.91 Å². The van der Waals surface area contributed by atoms with Crippen molar-refractivity contribution >= 4 is 38.9 Å². The second-order valence-corrected chi connectivity index (χ2v) is 5.38. The number of hydrogen-bond acceptors (Lipinski definition) is 3. The summed E-state index contributed by atoms with van der Waals surface area (Å²) in [5, 5.41) is 5.86. The molecule has 2 rings (SSSR count). The molecule has 0 saturated carbocycles. The summed E-state index contributed by atoms with van der Waals surface area (Å²) in [5.74, 6) is -0.138. The Morgan fingerprint density at radius 2 is 1.90 bits per heavy atom. The van der Waals surface area contributed by atoms with Crippen molar-refractivity contribution in [1.82, 2.24) is 5.32 Å². The molecule has 0 aliphatic carbocycles. The van der Waals surface area contributed by atoms with Gasteiger partial charge < -0.3 is 16.4 Å². The van der Waals surface area contributed by atoms with Crippen molar-refractivity contribution in [3.05, 3.63) is 52.0 Å². The van der Waals surface area contributed by atoms with Gasteiger partial charge >= 0.3 is 0 Å². The van der Waals surface area contributed by atoms with Crippen molar-refractivity contribution in [1.29, 1.82) is 0 Å². The highest BCUT2D eigenvalue weighted by Crippen LogP contribution is 2.28. The number of nitrogens with two attached hydrogens (primary N) is 1. The Kier molecular flexibility index (Phi) is 4.29.